The summed E-state index contributed by atoms with van der Waals surface area (Å²) in [5, 5.41) is 2.98. The van der Waals surface area contributed by atoms with Crippen LogP contribution in [0.25, 0.3) is 0 Å². The first-order valence-corrected chi connectivity index (χ1v) is 8.57. The molecular formula is C16H32N4O2. The Hall–Kier alpha value is -1.30. The summed E-state index contributed by atoms with van der Waals surface area (Å²) in [5.74, 6) is 0.203. The van der Waals surface area contributed by atoms with Crippen molar-refractivity contribution in [2.45, 2.75) is 46.6 Å². The topological polar surface area (TPSA) is 55.9 Å². The van der Waals surface area contributed by atoms with E-state index < -0.39 is 0 Å². The van der Waals surface area contributed by atoms with Crippen molar-refractivity contribution < 1.29 is 9.59 Å². The van der Waals surface area contributed by atoms with Gasteiger partial charge in [0.25, 0.3) is 0 Å². The lowest BCUT2D eigenvalue weighted by Crippen LogP contribution is -2.54. The average molecular weight is 312 g/mol. The zero-order chi connectivity index (χ0) is 16.5. The third-order valence-corrected chi connectivity index (χ3v) is 4.44. The molecule has 0 aromatic rings. The van der Waals surface area contributed by atoms with Gasteiger partial charge in [-0.2, -0.15) is 0 Å². The molecule has 1 heterocycles. The molecule has 0 saturated carbocycles. The first-order chi connectivity index (χ1) is 10.5. The molecule has 1 unspecified atom stereocenters. The van der Waals surface area contributed by atoms with Gasteiger partial charge in [-0.05, 0) is 26.4 Å². The summed E-state index contributed by atoms with van der Waals surface area (Å²) >= 11 is 0. The van der Waals surface area contributed by atoms with Crippen LogP contribution < -0.4 is 5.32 Å². The fourth-order valence-corrected chi connectivity index (χ4v) is 2.51. The first-order valence-electron chi connectivity index (χ1n) is 8.57. The van der Waals surface area contributed by atoms with Gasteiger partial charge in [-0.3, -0.25) is 4.79 Å². The Morgan fingerprint density at radius 3 is 2.09 bits per heavy atom. The summed E-state index contributed by atoms with van der Waals surface area (Å²) in [4.78, 5) is 30.2. The van der Waals surface area contributed by atoms with Crippen LogP contribution in [0.3, 0.4) is 0 Å². The maximum atomic E-state index is 12.2. The van der Waals surface area contributed by atoms with Crippen molar-refractivity contribution >= 4 is 11.9 Å². The van der Waals surface area contributed by atoms with Crippen molar-refractivity contribution in [3.63, 3.8) is 0 Å². The minimum absolute atomic E-state index is 0.00964. The molecule has 1 aliphatic rings. The van der Waals surface area contributed by atoms with Crippen LogP contribution in [0.2, 0.25) is 0 Å². The zero-order valence-electron chi connectivity index (χ0n) is 14.6. The number of nitrogens with zero attached hydrogens (tertiary/aromatic N) is 3. The molecule has 0 radical (unpaired) electrons. The number of hydrogen-bond donors (Lipinski definition) is 1. The van der Waals surface area contributed by atoms with E-state index in [4.69, 9.17) is 0 Å². The van der Waals surface area contributed by atoms with Crippen LogP contribution in [0, 0.1) is 0 Å². The summed E-state index contributed by atoms with van der Waals surface area (Å²) in [7, 11) is 0. The predicted octanol–water partition coefficient (Wildman–Crippen LogP) is 1.37. The van der Waals surface area contributed by atoms with Crippen LogP contribution in [0.5, 0.6) is 0 Å². The smallest absolute Gasteiger partial charge is 0.317 e. The number of carbonyl (C=O) groups is 2. The standard InChI is InChI=1S/C16H32N4O2/c1-5-14(4)17-16(22)20-12-10-19(11-13-20)15(21)8-9-18(6-2)7-3/h14H,5-13H2,1-4H3,(H,17,22). The van der Waals surface area contributed by atoms with Crippen molar-refractivity contribution in [3.05, 3.63) is 0 Å². The predicted molar refractivity (Wildman–Crippen MR) is 88.8 cm³/mol. The Morgan fingerprint density at radius 2 is 1.59 bits per heavy atom. The second-order valence-electron chi connectivity index (χ2n) is 5.90. The quantitative estimate of drug-likeness (QED) is 0.772. The van der Waals surface area contributed by atoms with Gasteiger partial charge in [-0.1, -0.05) is 20.8 Å². The van der Waals surface area contributed by atoms with E-state index in [1.54, 1.807) is 4.90 Å². The van der Waals surface area contributed by atoms with E-state index in [0.717, 1.165) is 26.1 Å². The van der Waals surface area contributed by atoms with Gasteiger partial charge >= 0.3 is 6.03 Å². The molecule has 1 atom stereocenters. The summed E-state index contributed by atoms with van der Waals surface area (Å²) in [6, 6.07) is 0.186. The van der Waals surface area contributed by atoms with E-state index in [-0.39, 0.29) is 18.0 Å². The Morgan fingerprint density at radius 1 is 1.05 bits per heavy atom. The molecule has 6 heteroatoms. The molecule has 1 aliphatic heterocycles. The van der Waals surface area contributed by atoms with Gasteiger partial charge in [-0.25, -0.2) is 4.79 Å². The highest BCUT2D eigenvalue weighted by molar-refractivity contribution is 5.78. The molecule has 0 aromatic carbocycles. The van der Waals surface area contributed by atoms with Crippen LogP contribution in [0.15, 0.2) is 0 Å². The number of amides is 3. The molecule has 0 spiro atoms. The summed E-state index contributed by atoms with van der Waals surface area (Å²) in [6.45, 7) is 13.6. The van der Waals surface area contributed by atoms with Crippen molar-refractivity contribution in [1.82, 2.24) is 20.0 Å². The minimum atomic E-state index is -0.00964. The molecule has 128 valence electrons. The number of urea groups is 1. The highest BCUT2D eigenvalue weighted by Crippen LogP contribution is 2.05. The second-order valence-corrected chi connectivity index (χ2v) is 5.90. The van der Waals surface area contributed by atoms with Gasteiger partial charge in [-0.15, -0.1) is 0 Å². The summed E-state index contributed by atoms with van der Waals surface area (Å²) in [6.07, 6.45) is 1.50. The highest BCUT2D eigenvalue weighted by Gasteiger charge is 2.24. The van der Waals surface area contributed by atoms with Gasteiger partial charge in [0, 0.05) is 45.2 Å². The molecule has 3 amide bonds. The summed E-state index contributed by atoms with van der Waals surface area (Å²) in [5.41, 5.74) is 0. The highest BCUT2D eigenvalue weighted by atomic mass is 16.2. The van der Waals surface area contributed by atoms with Gasteiger partial charge in [0.1, 0.15) is 0 Å². The Bertz CT molecular complexity index is 350. The van der Waals surface area contributed by atoms with Crippen molar-refractivity contribution in [2.75, 3.05) is 45.8 Å². The fraction of sp³-hybridized carbons (Fsp3) is 0.875. The van der Waals surface area contributed by atoms with Gasteiger partial charge < -0.3 is 20.0 Å². The van der Waals surface area contributed by atoms with Crippen molar-refractivity contribution in [2.24, 2.45) is 0 Å². The molecule has 22 heavy (non-hydrogen) atoms. The largest absolute Gasteiger partial charge is 0.339 e. The zero-order valence-corrected chi connectivity index (χ0v) is 14.6. The van der Waals surface area contributed by atoms with Gasteiger partial charge in [0.2, 0.25) is 5.91 Å². The average Bonchev–Trinajstić information content (AvgIpc) is 2.55. The Labute approximate surface area is 134 Å². The van der Waals surface area contributed by atoms with E-state index in [0.29, 0.717) is 32.6 Å². The third-order valence-electron chi connectivity index (χ3n) is 4.44. The van der Waals surface area contributed by atoms with Crippen molar-refractivity contribution in [3.8, 4) is 0 Å². The molecule has 1 fully saturated rings. The van der Waals surface area contributed by atoms with E-state index in [1.807, 2.05) is 11.8 Å². The van der Waals surface area contributed by atoms with Crippen molar-refractivity contribution in [1.29, 1.82) is 0 Å². The van der Waals surface area contributed by atoms with E-state index in [1.165, 1.54) is 0 Å². The molecule has 0 aromatic heterocycles. The van der Waals surface area contributed by atoms with Crippen LogP contribution in [-0.2, 0) is 4.79 Å². The van der Waals surface area contributed by atoms with E-state index in [2.05, 4.69) is 31.0 Å². The Kier molecular flexibility index (Phi) is 8.24. The molecule has 1 N–H and O–H groups in total. The van der Waals surface area contributed by atoms with Crippen LogP contribution in [0.4, 0.5) is 4.79 Å². The van der Waals surface area contributed by atoms with Crippen LogP contribution in [-0.4, -0.2) is 78.5 Å². The molecule has 0 bridgehead atoms. The molecule has 6 nitrogen and oxygen atoms in total. The molecule has 1 rings (SSSR count). The number of carbonyl (C=O) groups excluding carboxylic acids is 2. The second kappa shape index (κ2) is 9.66. The van der Waals surface area contributed by atoms with Crippen LogP contribution >= 0.6 is 0 Å². The van der Waals surface area contributed by atoms with Gasteiger partial charge in [0.05, 0.1) is 0 Å². The molecule has 0 aliphatic carbocycles. The number of piperazine rings is 1. The molecule has 1 saturated heterocycles. The Balaban J connectivity index is 2.32. The maximum absolute atomic E-state index is 12.2. The number of nitrogens with one attached hydrogen (secondary N) is 1. The summed E-state index contributed by atoms with van der Waals surface area (Å²) < 4.78 is 0. The molecular weight excluding hydrogens is 280 g/mol. The lowest BCUT2D eigenvalue weighted by atomic mass is 10.2. The lowest BCUT2D eigenvalue weighted by molar-refractivity contribution is -0.132. The fourth-order valence-electron chi connectivity index (χ4n) is 2.51. The minimum Gasteiger partial charge on any atom is -0.339 e. The van der Waals surface area contributed by atoms with E-state index in [9.17, 15) is 9.59 Å². The monoisotopic (exact) mass is 312 g/mol. The normalized spacial score (nSPS) is 16.8. The van der Waals surface area contributed by atoms with Crippen LogP contribution in [0.1, 0.15) is 40.5 Å². The van der Waals surface area contributed by atoms with E-state index >= 15 is 0 Å². The first kappa shape index (κ1) is 18.7. The third kappa shape index (κ3) is 5.83. The number of rotatable bonds is 7. The SMILES string of the molecule is CCC(C)NC(=O)N1CCN(C(=O)CCN(CC)CC)CC1. The maximum Gasteiger partial charge on any atom is 0.317 e. The van der Waals surface area contributed by atoms with Gasteiger partial charge in [0.15, 0.2) is 0 Å². The lowest BCUT2D eigenvalue weighted by Gasteiger charge is -2.35. The number of hydrogen-bond acceptors (Lipinski definition) is 3.